The van der Waals surface area contributed by atoms with Gasteiger partial charge < -0.3 is 15.0 Å². The van der Waals surface area contributed by atoms with Crippen molar-refractivity contribution in [2.75, 3.05) is 44.1 Å². The Bertz CT molecular complexity index is 376. The summed E-state index contributed by atoms with van der Waals surface area (Å²) in [5.41, 5.74) is 0. The minimum absolute atomic E-state index is 0.461. The second-order valence-electron chi connectivity index (χ2n) is 3.38. The maximum atomic E-state index is 8.64. The molecule has 92 valence electrons. The third-order valence-corrected chi connectivity index (χ3v) is 2.25. The van der Waals surface area contributed by atoms with E-state index in [9.17, 15) is 0 Å². The molecule has 1 rings (SSSR count). The van der Waals surface area contributed by atoms with Crippen molar-refractivity contribution < 1.29 is 4.74 Å². The van der Waals surface area contributed by atoms with E-state index in [1.807, 2.05) is 11.0 Å². The van der Waals surface area contributed by atoms with Gasteiger partial charge in [-0.05, 0) is 6.07 Å². The SMILES string of the molecule is CNc1nccc(N(CCC#N)CCOC)n1. The quantitative estimate of drug-likeness (QED) is 0.756. The Morgan fingerprint density at radius 1 is 1.53 bits per heavy atom. The second kappa shape index (κ2) is 7.41. The molecular weight excluding hydrogens is 218 g/mol. The predicted octanol–water partition coefficient (Wildman–Crippen LogP) is 0.885. The fourth-order valence-corrected chi connectivity index (χ4v) is 1.37. The van der Waals surface area contributed by atoms with Gasteiger partial charge in [-0.2, -0.15) is 10.2 Å². The van der Waals surface area contributed by atoms with Crippen molar-refractivity contribution in [1.29, 1.82) is 5.26 Å². The maximum absolute atomic E-state index is 8.64. The average molecular weight is 235 g/mol. The number of ether oxygens (including phenoxy) is 1. The number of nitrogens with one attached hydrogen (secondary N) is 1. The molecule has 0 spiro atoms. The zero-order valence-corrected chi connectivity index (χ0v) is 10.2. The molecule has 0 saturated carbocycles. The van der Waals surface area contributed by atoms with Gasteiger partial charge in [-0.15, -0.1) is 0 Å². The summed E-state index contributed by atoms with van der Waals surface area (Å²) in [6.45, 7) is 1.95. The summed E-state index contributed by atoms with van der Waals surface area (Å²) in [4.78, 5) is 10.4. The summed E-state index contributed by atoms with van der Waals surface area (Å²) in [6, 6.07) is 3.96. The van der Waals surface area contributed by atoms with E-state index in [2.05, 4.69) is 21.4 Å². The van der Waals surface area contributed by atoms with Gasteiger partial charge in [0, 0.05) is 33.4 Å². The Balaban J connectivity index is 2.75. The number of nitrogens with zero attached hydrogens (tertiary/aromatic N) is 4. The molecule has 1 heterocycles. The van der Waals surface area contributed by atoms with Crippen LogP contribution in [-0.2, 0) is 4.74 Å². The summed E-state index contributed by atoms with van der Waals surface area (Å²) < 4.78 is 5.05. The number of rotatable bonds is 7. The molecule has 17 heavy (non-hydrogen) atoms. The zero-order chi connectivity index (χ0) is 12.5. The molecule has 1 aromatic heterocycles. The molecule has 0 aliphatic heterocycles. The maximum Gasteiger partial charge on any atom is 0.224 e. The van der Waals surface area contributed by atoms with E-state index >= 15 is 0 Å². The number of aromatic nitrogens is 2. The van der Waals surface area contributed by atoms with Crippen LogP contribution < -0.4 is 10.2 Å². The first-order chi connectivity index (χ1) is 8.31. The molecule has 6 nitrogen and oxygen atoms in total. The molecule has 0 aliphatic rings. The van der Waals surface area contributed by atoms with Crippen LogP contribution in [0.15, 0.2) is 12.3 Å². The lowest BCUT2D eigenvalue weighted by atomic mass is 10.4. The van der Waals surface area contributed by atoms with Gasteiger partial charge in [-0.1, -0.05) is 0 Å². The number of methoxy groups -OCH3 is 1. The van der Waals surface area contributed by atoms with Crippen LogP contribution in [0.5, 0.6) is 0 Å². The molecule has 0 aromatic carbocycles. The highest BCUT2D eigenvalue weighted by Crippen LogP contribution is 2.12. The summed E-state index contributed by atoms with van der Waals surface area (Å²) in [6.07, 6.45) is 2.16. The minimum atomic E-state index is 0.461. The van der Waals surface area contributed by atoms with Gasteiger partial charge in [-0.25, -0.2) is 4.98 Å². The molecule has 0 atom stereocenters. The van der Waals surface area contributed by atoms with Crippen LogP contribution >= 0.6 is 0 Å². The summed E-state index contributed by atoms with van der Waals surface area (Å²) in [7, 11) is 3.43. The number of anilines is 2. The summed E-state index contributed by atoms with van der Waals surface area (Å²) in [5, 5.41) is 11.5. The molecule has 0 aliphatic carbocycles. The molecule has 0 unspecified atom stereocenters. The highest BCUT2D eigenvalue weighted by Gasteiger charge is 2.08. The van der Waals surface area contributed by atoms with Crippen LogP contribution in [0.4, 0.5) is 11.8 Å². The first-order valence-corrected chi connectivity index (χ1v) is 5.43. The standard InChI is InChI=1S/C11H17N5O/c1-13-11-14-6-4-10(15-11)16(7-3-5-12)8-9-17-2/h4,6H,3,7-9H2,1-2H3,(H,13,14,15). The molecule has 0 bridgehead atoms. The van der Waals surface area contributed by atoms with Crippen LogP contribution in [-0.4, -0.2) is 43.8 Å². The number of hydrogen-bond donors (Lipinski definition) is 1. The second-order valence-corrected chi connectivity index (χ2v) is 3.38. The first kappa shape index (κ1) is 13.2. The fourth-order valence-electron chi connectivity index (χ4n) is 1.37. The Kier molecular flexibility index (Phi) is 5.75. The lowest BCUT2D eigenvalue weighted by Crippen LogP contribution is -2.29. The lowest BCUT2D eigenvalue weighted by molar-refractivity contribution is 0.205. The van der Waals surface area contributed by atoms with Crippen molar-refractivity contribution in [3.05, 3.63) is 12.3 Å². The topological polar surface area (TPSA) is 74.1 Å². The third-order valence-electron chi connectivity index (χ3n) is 2.25. The Morgan fingerprint density at radius 2 is 2.35 bits per heavy atom. The molecule has 1 N–H and O–H groups in total. The van der Waals surface area contributed by atoms with Crippen molar-refractivity contribution in [3.8, 4) is 6.07 Å². The van der Waals surface area contributed by atoms with Gasteiger partial charge in [0.2, 0.25) is 5.95 Å². The monoisotopic (exact) mass is 235 g/mol. The number of nitriles is 1. The first-order valence-electron chi connectivity index (χ1n) is 5.43. The molecular formula is C11H17N5O. The van der Waals surface area contributed by atoms with Crippen LogP contribution in [0, 0.1) is 11.3 Å². The van der Waals surface area contributed by atoms with Crippen molar-refractivity contribution >= 4 is 11.8 Å². The molecule has 0 radical (unpaired) electrons. The normalized spacial score (nSPS) is 9.71. The average Bonchev–Trinajstić information content (AvgIpc) is 2.39. The van der Waals surface area contributed by atoms with E-state index in [1.54, 1.807) is 20.4 Å². The van der Waals surface area contributed by atoms with Crippen LogP contribution in [0.25, 0.3) is 0 Å². The predicted molar refractivity (Wildman–Crippen MR) is 65.9 cm³/mol. The molecule has 6 heteroatoms. The summed E-state index contributed by atoms with van der Waals surface area (Å²) in [5.74, 6) is 1.37. The van der Waals surface area contributed by atoms with E-state index in [0.717, 1.165) is 5.82 Å². The van der Waals surface area contributed by atoms with E-state index in [-0.39, 0.29) is 0 Å². The highest BCUT2D eigenvalue weighted by atomic mass is 16.5. The largest absolute Gasteiger partial charge is 0.383 e. The van der Waals surface area contributed by atoms with Crippen molar-refractivity contribution in [3.63, 3.8) is 0 Å². The van der Waals surface area contributed by atoms with Gasteiger partial charge >= 0.3 is 0 Å². The van der Waals surface area contributed by atoms with Gasteiger partial charge in [0.25, 0.3) is 0 Å². The minimum Gasteiger partial charge on any atom is -0.383 e. The van der Waals surface area contributed by atoms with Crippen LogP contribution in [0.3, 0.4) is 0 Å². The van der Waals surface area contributed by atoms with Gasteiger partial charge in [0.15, 0.2) is 0 Å². The van der Waals surface area contributed by atoms with Gasteiger partial charge in [0.05, 0.1) is 19.1 Å². The van der Waals surface area contributed by atoms with Crippen molar-refractivity contribution in [2.45, 2.75) is 6.42 Å². The van der Waals surface area contributed by atoms with E-state index < -0.39 is 0 Å². The number of hydrogen-bond acceptors (Lipinski definition) is 6. The highest BCUT2D eigenvalue weighted by molar-refractivity contribution is 5.42. The van der Waals surface area contributed by atoms with Crippen molar-refractivity contribution in [1.82, 2.24) is 9.97 Å². The van der Waals surface area contributed by atoms with Crippen LogP contribution in [0.2, 0.25) is 0 Å². The Morgan fingerprint density at radius 3 is 3.00 bits per heavy atom. The third kappa shape index (κ3) is 4.25. The lowest BCUT2D eigenvalue weighted by Gasteiger charge is -2.22. The molecule has 1 aromatic rings. The van der Waals surface area contributed by atoms with Gasteiger partial charge in [-0.3, -0.25) is 0 Å². The van der Waals surface area contributed by atoms with Gasteiger partial charge in [0.1, 0.15) is 5.82 Å². The molecule has 0 amide bonds. The fraction of sp³-hybridized carbons (Fsp3) is 0.545. The molecule has 0 saturated heterocycles. The summed E-state index contributed by atoms with van der Waals surface area (Å²) >= 11 is 0. The Hall–Kier alpha value is -1.87. The smallest absolute Gasteiger partial charge is 0.224 e. The van der Waals surface area contributed by atoms with Crippen LogP contribution in [0.1, 0.15) is 6.42 Å². The Labute approximate surface area is 101 Å². The molecule has 0 fully saturated rings. The van der Waals surface area contributed by atoms with Crippen molar-refractivity contribution in [2.24, 2.45) is 0 Å². The zero-order valence-electron chi connectivity index (χ0n) is 10.2. The van der Waals surface area contributed by atoms with E-state index in [4.69, 9.17) is 10.00 Å². The van der Waals surface area contributed by atoms with E-state index in [0.29, 0.717) is 32.1 Å². The van der Waals surface area contributed by atoms with E-state index in [1.165, 1.54) is 0 Å².